The number of aliphatic hydroxyl groups is 1. The van der Waals surface area contributed by atoms with E-state index in [1.165, 1.54) is 16.2 Å². The lowest BCUT2D eigenvalue weighted by Gasteiger charge is -2.37. The highest BCUT2D eigenvalue weighted by molar-refractivity contribution is 5.51. The van der Waals surface area contributed by atoms with Gasteiger partial charge in [-0.1, -0.05) is 12.5 Å². The average molecular weight is 328 g/mol. The Kier molecular flexibility index (Phi) is 4.45. The van der Waals surface area contributed by atoms with E-state index in [1.807, 2.05) is 6.08 Å². The van der Waals surface area contributed by atoms with Gasteiger partial charge in [-0.3, -0.25) is 5.01 Å². The SMILES string of the molecule is C[C@H]1C2=CNN(CC(F)(F)F)C2=CC2=C1C(CCCO)CCC2. The lowest BCUT2D eigenvalue weighted by atomic mass is 9.70. The smallest absolute Gasteiger partial charge is 0.396 e. The molecule has 0 radical (unpaired) electrons. The van der Waals surface area contributed by atoms with Crippen LogP contribution in [-0.2, 0) is 0 Å². The van der Waals surface area contributed by atoms with Crippen LogP contribution >= 0.6 is 0 Å². The van der Waals surface area contributed by atoms with Gasteiger partial charge in [-0.25, -0.2) is 0 Å². The first-order valence-electron chi connectivity index (χ1n) is 8.27. The Labute approximate surface area is 134 Å². The molecule has 0 saturated heterocycles. The summed E-state index contributed by atoms with van der Waals surface area (Å²) in [7, 11) is 0. The van der Waals surface area contributed by atoms with Gasteiger partial charge in [0.05, 0.1) is 5.70 Å². The zero-order chi connectivity index (χ0) is 16.6. The normalized spacial score (nSPS) is 27.3. The summed E-state index contributed by atoms with van der Waals surface area (Å²) in [6.45, 7) is 1.30. The van der Waals surface area contributed by atoms with Gasteiger partial charge in [0.15, 0.2) is 0 Å². The van der Waals surface area contributed by atoms with Crippen LogP contribution in [0.3, 0.4) is 0 Å². The molecule has 0 aromatic carbocycles. The van der Waals surface area contributed by atoms with Crippen LogP contribution in [0.15, 0.2) is 34.7 Å². The predicted molar refractivity (Wildman–Crippen MR) is 81.9 cm³/mol. The summed E-state index contributed by atoms with van der Waals surface area (Å²) in [6, 6.07) is 0. The molecule has 2 N–H and O–H groups in total. The van der Waals surface area contributed by atoms with Crippen LogP contribution < -0.4 is 5.43 Å². The molecule has 3 aliphatic rings. The van der Waals surface area contributed by atoms with Gasteiger partial charge in [0.2, 0.25) is 0 Å². The number of allylic oxidation sites excluding steroid dienone is 4. The average Bonchev–Trinajstić information content (AvgIpc) is 2.86. The molecular formula is C17H23F3N2O. The van der Waals surface area contributed by atoms with Crippen molar-refractivity contribution < 1.29 is 18.3 Å². The molecule has 1 unspecified atom stereocenters. The lowest BCUT2D eigenvalue weighted by Crippen LogP contribution is -2.38. The van der Waals surface area contributed by atoms with E-state index in [0.29, 0.717) is 11.6 Å². The Bertz CT molecular complexity index is 563. The van der Waals surface area contributed by atoms with Crippen LogP contribution in [0.25, 0.3) is 0 Å². The second-order valence-corrected chi connectivity index (χ2v) is 6.62. The van der Waals surface area contributed by atoms with E-state index in [2.05, 4.69) is 12.3 Å². The van der Waals surface area contributed by atoms with Crippen molar-refractivity contribution in [1.82, 2.24) is 10.4 Å². The quantitative estimate of drug-likeness (QED) is 0.827. The van der Waals surface area contributed by atoms with Crippen molar-refractivity contribution in [1.29, 1.82) is 0 Å². The second-order valence-electron chi connectivity index (χ2n) is 6.62. The molecule has 0 spiro atoms. The van der Waals surface area contributed by atoms with Gasteiger partial charge in [-0.15, -0.1) is 0 Å². The molecule has 2 aliphatic carbocycles. The number of alkyl halides is 3. The van der Waals surface area contributed by atoms with E-state index in [4.69, 9.17) is 5.11 Å². The summed E-state index contributed by atoms with van der Waals surface area (Å²) in [4.78, 5) is 0. The molecule has 0 amide bonds. The maximum Gasteiger partial charge on any atom is 0.407 e. The van der Waals surface area contributed by atoms with Gasteiger partial charge in [0.1, 0.15) is 6.54 Å². The first-order chi connectivity index (χ1) is 10.9. The lowest BCUT2D eigenvalue weighted by molar-refractivity contribution is -0.144. The van der Waals surface area contributed by atoms with E-state index in [-0.39, 0.29) is 12.5 Å². The van der Waals surface area contributed by atoms with Crippen molar-refractivity contribution in [2.45, 2.75) is 45.2 Å². The molecule has 0 bridgehead atoms. The summed E-state index contributed by atoms with van der Waals surface area (Å²) < 4.78 is 38.2. The Morgan fingerprint density at radius 1 is 1.39 bits per heavy atom. The molecule has 3 nitrogen and oxygen atoms in total. The first-order valence-corrected chi connectivity index (χ1v) is 8.27. The predicted octanol–water partition coefficient (Wildman–Crippen LogP) is 3.66. The summed E-state index contributed by atoms with van der Waals surface area (Å²) in [5, 5.41) is 10.3. The Morgan fingerprint density at radius 3 is 2.87 bits per heavy atom. The highest BCUT2D eigenvalue weighted by Gasteiger charge is 2.39. The summed E-state index contributed by atoms with van der Waals surface area (Å²) in [6.07, 6.45) is 4.27. The van der Waals surface area contributed by atoms with Crippen molar-refractivity contribution in [3.8, 4) is 0 Å². The number of hydrogen-bond acceptors (Lipinski definition) is 3. The molecule has 0 aromatic rings. The molecule has 1 aliphatic heterocycles. The molecule has 2 atom stereocenters. The van der Waals surface area contributed by atoms with Gasteiger partial charge in [0, 0.05) is 24.3 Å². The fourth-order valence-electron chi connectivity index (χ4n) is 4.12. The number of nitrogens with one attached hydrogen (secondary N) is 1. The van der Waals surface area contributed by atoms with E-state index >= 15 is 0 Å². The number of hydrogen-bond donors (Lipinski definition) is 2. The Hall–Kier alpha value is -1.43. The van der Waals surface area contributed by atoms with Crippen LogP contribution in [0.4, 0.5) is 13.2 Å². The van der Waals surface area contributed by atoms with E-state index in [0.717, 1.165) is 37.7 Å². The third-order valence-electron chi connectivity index (χ3n) is 5.06. The molecule has 128 valence electrons. The van der Waals surface area contributed by atoms with Crippen LogP contribution in [-0.4, -0.2) is 29.4 Å². The minimum absolute atomic E-state index is 0.139. The summed E-state index contributed by atoms with van der Waals surface area (Å²) in [5.74, 6) is 0.580. The third-order valence-corrected chi connectivity index (χ3v) is 5.06. The molecule has 6 heteroatoms. The van der Waals surface area contributed by atoms with E-state index in [9.17, 15) is 13.2 Å². The zero-order valence-electron chi connectivity index (χ0n) is 13.3. The Morgan fingerprint density at radius 2 is 2.17 bits per heavy atom. The standard InChI is InChI=1S/C17H23F3N2O/c1-11-14-9-21-22(10-17(18,19)20)15(14)8-13-5-2-4-12(16(11)13)6-3-7-23/h8-9,11-12,21,23H,2-7,10H2,1H3/t11-,12?/m0/s1. The molecule has 1 heterocycles. The maximum absolute atomic E-state index is 12.7. The van der Waals surface area contributed by atoms with Gasteiger partial charge in [0.25, 0.3) is 0 Å². The molecule has 23 heavy (non-hydrogen) atoms. The summed E-state index contributed by atoms with van der Waals surface area (Å²) >= 11 is 0. The van der Waals surface area contributed by atoms with Crippen molar-refractivity contribution in [2.75, 3.05) is 13.2 Å². The number of nitrogens with zero attached hydrogens (tertiary/aromatic N) is 1. The second kappa shape index (κ2) is 6.23. The van der Waals surface area contributed by atoms with Crippen LogP contribution in [0.5, 0.6) is 0 Å². The van der Waals surface area contributed by atoms with Crippen LogP contribution in [0, 0.1) is 11.8 Å². The summed E-state index contributed by atoms with van der Waals surface area (Å²) in [5.41, 5.74) is 6.96. The van der Waals surface area contributed by atoms with Gasteiger partial charge >= 0.3 is 6.18 Å². The molecular weight excluding hydrogens is 305 g/mol. The first kappa shape index (κ1) is 16.4. The Balaban J connectivity index is 1.88. The number of halogens is 3. The van der Waals surface area contributed by atoms with E-state index in [1.54, 1.807) is 6.20 Å². The number of hydrazine groups is 1. The fourth-order valence-corrected chi connectivity index (χ4v) is 4.12. The van der Waals surface area contributed by atoms with Crippen molar-refractivity contribution in [3.63, 3.8) is 0 Å². The van der Waals surface area contributed by atoms with E-state index < -0.39 is 12.7 Å². The monoisotopic (exact) mass is 328 g/mol. The highest BCUT2D eigenvalue weighted by atomic mass is 19.4. The van der Waals surface area contributed by atoms with Gasteiger partial charge < -0.3 is 10.5 Å². The minimum Gasteiger partial charge on any atom is -0.396 e. The topological polar surface area (TPSA) is 35.5 Å². The number of aliphatic hydroxyl groups excluding tert-OH is 1. The largest absolute Gasteiger partial charge is 0.407 e. The third kappa shape index (κ3) is 3.27. The highest BCUT2D eigenvalue weighted by Crippen LogP contribution is 2.47. The van der Waals surface area contributed by atoms with Crippen molar-refractivity contribution in [2.24, 2.45) is 11.8 Å². The number of rotatable bonds is 4. The number of fused-ring (bicyclic) bond motifs is 1. The molecule has 0 fully saturated rings. The van der Waals surface area contributed by atoms with Crippen molar-refractivity contribution >= 4 is 0 Å². The van der Waals surface area contributed by atoms with Gasteiger partial charge in [-0.2, -0.15) is 13.2 Å². The zero-order valence-corrected chi connectivity index (χ0v) is 13.3. The van der Waals surface area contributed by atoms with Crippen LogP contribution in [0.1, 0.15) is 39.0 Å². The molecule has 3 rings (SSSR count). The molecule has 0 saturated carbocycles. The van der Waals surface area contributed by atoms with Gasteiger partial charge in [-0.05, 0) is 49.7 Å². The molecule has 0 aromatic heterocycles. The van der Waals surface area contributed by atoms with Crippen molar-refractivity contribution in [3.05, 3.63) is 34.7 Å². The minimum atomic E-state index is -4.23. The maximum atomic E-state index is 12.7. The van der Waals surface area contributed by atoms with Crippen LogP contribution in [0.2, 0.25) is 0 Å². The fraction of sp³-hybridized carbons (Fsp3) is 0.647.